The van der Waals surface area contributed by atoms with Gasteiger partial charge in [-0.1, -0.05) is 29.3 Å². The Morgan fingerprint density at radius 2 is 2.03 bits per heavy atom. The molecule has 0 bridgehead atoms. The lowest BCUT2D eigenvalue weighted by Crippen LogP contribution is -2.56. The van der Waals surface area contributed by atoms with Crippen LogP contribution in [0.1, 0.15) is 36.5 Å². The lowest BCUT2D eigenvalue weighted by Gasteiger charge is -2.40. The highest BCUT2D eigenvalue weighted by Gasteiger charge is 2.32. The molecule has 2 saturated heterocycles. The Bertz CT molecular complexity index is 1030. The van der Waals surface area contributed by atoms with Crippen LogP contribution in [0.25, 0.3) is 10.9 Å². The minimum atomic E-state index is -0.114. The average Bonchev–Trinajstić information content (AvgIpc) is 3.11. The summed E-state index contributed by atoms with van der Waals surface area (Å²) >= 11 is 12.2. The van der Waals surface area contributed by atoms with E-state index in [0.717, 1.165) is 5.39 Å². The van der Waals surface area contributed by atoms with E-state index in [1.165, 1.54) is 0 Å². The summed E-state index contributed by atoms with van der Waals surface area (Å²) in [7, 11) is 0. The van der Waals surface area contributed by atoms with Gasteiger partial charge in [0.05, 0.1) is 10.5 Å². The molecule has 0 radical (unpaired) electrons. The number of carbonyl (C=O) groups is 3. The molecule has 30 heavy (non-hydrogen) atoms. The zero-order chi connectivity index (χ0) is 21.4. The number of carbonyl (C=O) groups excluding carboxylic acids is 3. The second-order valence-corrected chi connectivity index (χ2v) is 8.65. The molecule has 2 fully saturated rings. The molecule has 2 atom stereocenters. The van der Waals surface area contributed by atoms with E-state index < -0.39 is 0 Å². The highest BCUT2D eigenvalue weighted by molar-refractivity contribution is 6.37. The Labute approximate surface area is 184 Å². The molecule has 4 rings (SSSR count). The third-order valence-corrected chi connectivity index (χ3v) is 6.22. The van der Waals surface area contributed by atoms with Crippen LogP contribution in [0.15, 0.2) is 24.3 Å². The summed E-state index contributed by atoms with van der Waals surface area (Å²) in [5, 5.41) is 4.33. The molecule has 1 aromatic heterocycles. The number of aromatic nitrogens is 1. The van der Waals surface area contributed by atoms with Gasteiger partial charge in [0.25, 0.3) is 5.91 Å². The van der Waals surface area contributed by atoms with Crippen LogP contribution >= 0.6 is 23.2 Å². The summed E-state index contributed by atoms with van der Waals surface area (Å²) in [5.41, 5.74) is 1.08. The van der Waals surface area contributed by atoms with Crippen LogP contribution in [0.2, 0.25) is 10.2 Å². The standard InChI is InChI=1S/C21H22Cl2N4O3/c1-12-11-26(6-7-27(12)20(29)9-14-3-5-19(28)24-14)21(30)13-2-4-15-16(22)10-18(23)25-17(15)8-13/h2,4,8,10,12,14H,3,5-7,9,11H2,1H3,(H,24,28)/t12-,14-/m1/s1. The number of amides is 3. The Morgan fingerprint density at radius 1 is 1.23 bits per heavy atom. The van der Waals surface area contributed by atoms with Gasteiger partial charge in [-0.3, -0.25) is 14.4 Å². The first-order valence-corrected chi connectivity index (χ1v) is 10.7. The Balaban J connectivity index is 1.42. The number of nitrogens with zero attached hydrogens (tertiary/aromatic N) is 3. The average molecular weight is 449 g/mol. The van der Waals surface area contributed by atoms with Gasteiger partial charge in [0.15, 0.2) is 0 Å². The number of piperazine rings is 1. The van der Waals surface area contributed by atoms with Gasteiger partial charge in [-0.05, 0) is 31.5 Å². The fourth-order valence-corrected chi connectivity index (χ4v) is 4.66. The van der Waals surface area contributed by atoms with E-state index in [9.17, 15) is 14.4 Å². The zero-order valence-electron chi connectivity index (χ0n) is 16.5. The minimum Gasteiger partial charge on any atom is -0.353 e. The molecule has 0 spiro atoms. The van der Waals surface area contributed by atoms with E-state index in [1.54, 1.807) is 34.1 Å². The van der Waals surface area contributed by atoms with Crippen LogP contribution in [0.3, 0.4) is 0 Å². The molecule has 9 heteroatoms. The first-order chi connectivity index (χ1) is 14.3. The largest absolute Gasteiger partial charge is 0.353 e. The predicted octanol–water partition coefficient (Wildman–Crippen LogP) is 2.88. The second kappa shape index (κ2) is 8.40. The third kappa shape index (κ3) is 4.23. The van der Waals surface area contributed by atoms with Crippen molar-refractivity contribution < 1.29 is 14.4 Å². The van der Waals surface area contributed by atoms with E-state index in [4.69, 9.17) is 23.2 Å². The van der Waals surface area contributed by atoms with Gasteiger partial charge in [0.1, 0.15) is 5.15 Å². The van der Waals surface area contributed by atoms with Crippen molar-refractivity contribution in [2.45, 2.75) is 38.3 Å². The first kappa shape index (κ1) is 20.9. The van der Waals surface area contributed by atoms with E-state index in [1.807, 2.05) is 6.92 Å². The minimum absolute atomic E-state index is 0.00344. The van der Waals surface area contributed by atoms with Gasteiger partial charge in [-0.15, -0.1) is 0 Å². The van der Waals surface area contributed by atoms with E-state index in [-0.39, 0.29) is 35.0 Å². The molecule has 3 amide bonds. The van der Waals surface area contributed by atoms with Crippen molar-refractivity contribution in [1.29, 1.82) is 0 Å². The van der Waals surface area contributed by atoms with Crippen LogP contribution in [0.4, 0.5) is 0 Å². The smallest absolute Gasteiger partial charge is 0.254 e. The SMILES string of the molecule is C[C@@H]1CN(C(=O)c2ccc3c(Cl)cc(Cl)nc3c2)CCN1C(=O)C[C@H]1CCC(=O)N1. The van der Waals surface area contributed by atoms with Gasteiger partial charge in [0, 0.05) is 55.5 Å². The maximum atomic E-state index is 13.0. The lowest BCUT2D eigenvalue weighted by atomic mass is 10.1. The molecule has 2 aliphatic rings. The fourth-order valence-electron chi connectivity index (χ4n) is 4.14. The summed E-state index contributed by atoms with van der Waals surface area (Å²) in [6, 6.07) is 6.59. The van der Waals surface area contributed by atoms with Crippen LogP contribution < -0.4 is 5.32 Å². The predicted molar refractivity (Wildman–Crippen MR) is 115 cm³/mol. The monoisotopic (exact) mass is 448 g/mol. The fraction of sp³-hybridized carbons (Fsp3) is 0.429. The molecule has 2 aliphatic heterocycles. The van der Waals surface area contributed by atoms with Crippen molar-refractivity contribution in [2.24, 2.45) is 0 Å². The molecular weight excluding hydrogens is 427 g/mol. The van der Waals surface area contributed by atoms with Crippen molar-refractivity contribution >= 4 is 51.8 Å². The topological polar surface area (TPSA) is 82.6 Å². The number of benzene rings is 1. The van der Waals surface area contributed by atoms with Crippen molar-refractivity contribution in [3.63, 3.8) is 0 Å². The number of hydrogen-bond acceptors (Lipinski definition) is 4. The lowest BCUT2D eigenvalue weighted by molar-refractivity contribution is -0.135. The first-order valence-electron chi connectivity index (χ1n) is 9.95. The Morgan fingerprint density at radius 3 is 2.73 bits per heavy atom. The molecule has 1 aromatic carbocycles. The summed E-state index contributed by atoms with van der Waals surface area (Å²) in [6.45, 7) is 3.30. The Hall–Kier alpha value is -2.38. The number of halogens is 2. The number of nitrogens with one attached hydrogen (secondary N) is 1. The number of hydrogen-bond donors (Lipinski definition) is 1. The summed E-state index contributed by atoms with van der Waals surface area (Å²) < 4.78 is 0. The summed E-state index contributed by atoms with van der Waals surface area (Å²) in [6.07, 6.45) is 1.48. The van der Waals surface area contributed by atoms with Crippen LogP contribution in [0.5, 0.6) is 0 Å². The molecule has 158 valence electrons. The van der Waals surface area contributed by atoms with Crippen molar-refractivity contribution in [3.8, 4) is 0 Å². The molecule has 2 aromatic rings. The molecule has 0 unspecified atom stereocenters. The van der Waals surface area contributed by atoms with Crippen molar-refractivity contribution in [1.82, 2.24) is 20.1 Å². The molecule has 0 aliphatic carbocycles. The van der Waals surface area contributed by atoms with Gasteiger partial charge in [-0.25, -0.2) is 4.98 Å². The number of rotatable bonds is 3. The maximum absolute atomic E-state index is 13.0. The Kier molecular flexibility index (Phi) is 5.84. The summed E-state index contributed by atoms with van der Waals surface area (Å²) in [4.78, 5) is 44.9. The van der Waals surface area contributed by atoms with Gasteiger partial charge in [-0.2, -0.15) is 0 Å². The highest BCUT2D eigenvalue weighted by Crippen LogP contribution is 2.26. The quantitative estimate of drug-likeness (QED) is 0.731. The maximum Gasteiger partial charge on any atom is 0.254 e. The third-order valence-electron chi connectivity index (χ3n) is 5.72. The van der Waals surface area contributed by atoms with E-state index in [0.29, 0.717) is 55.0 Å². The molecule has 7 nitrogen and oxygen atoms in total. The van der Waals surface area contributed by atoms with Gasteiger partial charge >= 0.3 is 0 Å². The molecule has 3 heterocycles. The van der Waals surface area contributed by atoms with Crippen molar-refractivity contribution in [2.75, 3.05) is 19.6 Å². The van der Waals surface area contributed by atoms with E-state index in [2.05, 4.69) is 10.3 Å². The number of fused-ring (bicyclic) bond motifs is 1. The molecule has 0 saturated carbocycles. The summed E-state index contributed by atoms with van der Waals surface area (Å²) in [5.74, 6) is -0.0958. The zero-order valence-corrected chi connectivity index (χ0v) is 18.0. The van der Waals surface area contributed by atoms with Crippen molar-refractivity contribution in [3.05, 3.63) is 40.0 Å². The van der Waals surface area contributed by atoms with Gasteiger partial charge < -0.3 is 15.1 Å². The van der Waals surface area contributed by atoms with Crippen LogP contribution in [-0.2, 0) is 9.59 Å². The van der Waals surface area contributed by atoms with Crippen LogP contribution in [-0.4, -0.2) is 64.2 Å². The normalized spacial score (nSPS) is 21.8. The van der Waals surface area contributed by atoms with Crippen LogP contribution in [0, 0.1) is 0 Å². The highest BCUT2D eigenvalue weighted by atomic mass is 35.5. The number of pyridine rings is 1. The molecular formula is C21H22Cl2N4O3. The molecule has 1 N–H and O–H groups in total. The van der Waals surface area contributed by atoms with E-state index >= 15 is 0 Å². The second-order valence-electron chi connectivity index (χ2n) is 7.85. The van der Waals surface area contributed by atoms with Gasteiger partial charge in [0.2, 0.25) is 11.8 Å².